The third kappa shape index (κ3) is 3.35. The van der Waals surface area contributed by atoms with E-state index in [0.717, 1.165) is 0 Å². The quantitative estimate of drug-likeness (QED) is 0.506. The summed E-state index contributed by atoms with van der Waals surface area (Å²) in [4.78, 5) is 22.0. The second kappa shape index (κ2) is 7.33. The van der Waals surface area contributed by atoms with E-state index in [1.807, 2.05) is 6.07 Å². The molecule has 13 heteroatoms. The molecule has 3 aliphatic carbocycles. The molecule has 35 heavy (non-hydrogen) atoms. The summed E-state index contributed by atoms with van der Waals surface area (Å²) in [7, 11) is -1.96. The van der Waals surface area contributed by atoms with Gasteiger partial charge in [0.25, 0.3) is 15.6 Å². The summed E-state index contributed by atoms with van der Waals surface area (Å²) < 4.78 is 30.1. The molecule has 3 saturated carbocycles. The fraction of sp³-hybridized carbons (Fsp3) is 0.500. The molecular formula is C22H24N8O4S. The van der Waals surface area contributed by atoms with Gasteiger partial charge in [-0.2, -0.15) is 19.6 Å². The SMILES string of the molecule is Cn1ccc(S(=O)(=O)N2CCC(Nc3ncc4cc(C#N)c(=O)n(C56CC(O)(C5)C6)c4n3)CC2)n1. The number of anilines is 1. The van der Waals surface area contributed by atoms with Crippen LogP contribution in [0.4, 0.5) is 5.95 Å². The van der Waals surface area contributed by atoms with E-state index in [-0.39, 0.29) is 16.6 Å². The lowest BCUT2D eigenvalue weighted by Crippen LogP contribution is -2.74. The number of pyridine rings is 1. The molecule has 3 aromatic heterocycles. The van der Waals surface area contributed by atoms with E-state index < -0.39 is 26.7 Å². The smallest absolute Gasteiger partial charge is 0.270 e. The Morgan fingerprint density at radius 2 is 1.97 bits per heavy atom. The van der Waals surface area contributed by atoms with Crippen LogP contribution in [0.15, 0.2) is 34.3 Å². The van der Waals surface area contributed by atoms with Gasteiger partial charge in [-0.15, -0.1) is 0 Å². The first-order chi connectivity index (χ1) is 16.6. The normalized spacial score (nSPS) is 26.7. The topological polar surface area (TPSA) is 159 Å². The average Bonchev–Trinajstić information content (AvgIpc) is 3.24. The molecule has 2 bridgehead atoms. The number of aromatic nitrogens is 5. The van der Waals surface area contributed by atoms with Crippen molar-refractivity contribution in [3.8, 4) is 6.07 Å². The van der Waals surface area contributed by atoms with Crippen LogP contribution < -0.4 is 10.9 Å². The molecule has 1 aliphatic heterocycles. The monoisotopic (exact) mass is 496 g/mol. The minimum Gasteiger partial charge on any atom is -0.390 e. The molecule has 12 nitrogen and oxygen atoms in total. The zero-order valence-electron chi connectivity index (χ0n) is 19.0. The van der Waals surface area contributed by atoms with Crippen LogP contribution in [-0.4, -0.2) is 66.9 Å². The second-order valence-corrected chi connectivity index (χ2v) is 11.8. The second-order valence-electron chi connectivity index (χ2n) is 9.91. The molecule has 182 valence electrons. The summed E-state index contributed by atoms with van der Waals surface area (Å²) in [6.07, 6.45) is 5.72. The van der Waals surface area contributed by atoms with Gasteiger partial charge >= 0.3 is 0 Å². The Bertz CT molecular complexity index is 1540. The zero-order valence-corrected chi connectivity index (χ0v) is 19.9. The molecule has 4 aliphatic rings. The highest BCUT2D eigenvalue weighted by molar-refractivity contribution is 7.89. The molecule has 2 N–H and O–H groups in total. The molecule has 0 spiro atoms. The molecule has 0 aromatic carbocycles. The third-order valence-corrected chi connectivity index (χ3v) is 9.18. The van der Waals surface area contributed by atoms with E-state index in [1.165, 1.54) is 21.1 Å². The minimum absolute atomic E-state index is 0.0278. The zero-order chi connectivity index (χ0) is 24.6. The number of nitrogens with zero attached hydrogens (tertiary/aromatic N) is 7. The van der Waals surface area contributed by atoms with Gasteiger partial charge in [-0.25, -0.2) is 13.4 Å². The van der Waals surface area contributed by atoms with Crippen molar-refractivity contribution in [1.82, 2.24) is 28.6 Å². The lowest BCUT2D eigenvalue weighted by atomic mass is 9.46. The van der Waals surface area contributed by atoms with Crippen LogP contribution in [0, 0.1) is 11.3 Å². The van der Waals surface area contributed by atoms with E-state index in [4.69, 9.17) is 0 Å². The van der Waals surface area contributed by atoms with Crippen molar-refractivity contribution in [2.45, 2.75) is 54.3 Å². The minimum atomic E-state index is -3.64. The summed E-state index contributed by atoms with van der Waals surface area (Å²) >= 11 is 0. The van der Waals surface area contributed by atoms with Gasteiger partial charge in [-0.3, -0.25) is 14.0 Å². The first kappa shape index (κ1) is 22.1. The lowest BCUT2D eigenvalue weighted by molar-refractivity contribution is -0.245. The Labute approximate surface area is 200 Å². The van der Waals surface area contributed by atoms with Gasteiger partial charge in [-0.05, 0) is 25.0 Å². The Morgan fingerprint density at radius 1 is 1.26 bits per heavy atom. The molecule has 3 aromatic rings. The first-order valence-corrected chi connectivity index (χ1v) is 12.9. The predicted molar refractivity (Wildman–Crippen MR) is 124 cm³/mol. The number of nitrogens with one attached hydrogen (secondary N) is 1. The average molecular weight is 497 g/mol. The maximum absolute atomic E-state index is 13.0. The van der Waals surface area contributed by atoms with E-state index in [2.05, 4.69) is 20.4 Å². The summed E-state index contributed by atoms with van der Waals surface area (Å²) in [6.45, 7) is 0.671. The highest BCUT2D eigenvalue weighted by atomic mass is 32.2. The molecule has 0 radical (unpaired) electrons. The highest BCUT2D eigenvalue weighted by Crippen LogP contribution is 2.65. The summed E-state index contributed by atoms with van der Waals surface area (Å²) in [5.41, 5.74) is -1.16. The fourth-order valence-corrected chi connectivity index (χ4v) is 7.11. The fourth-order valence-electron chi connectivity index (χ4n) is 5.69. The number of piperidine rings is 1. The van der Waals surface area contributed by atoms with Crippen LogP contribution >= 0.6 is 0 Å². The van der Waals surface area contributed by atoms with Gasteiger partial charge in [-0.1, -0.05) is 0 Å². The van der Waals surface area contributed by atoms with E-state index in [0.29, 0.717) is 62.2 Å². The number of hydrogen-bond donors (Lipinski definition) is 2. The van der Waals surface area contributed by atoms with Crippen LogP contribution in [0.25, 0.3) is 11.0 Å². The molecule has 7 rings (SSSR count). The van der Waals surface area contributed by atoms with Crippen LogP contribution in [0.3, 0.4) is 0 Å². The van der Waals surface area contributed by atoms with Gasteiger partial charge < -0.3 is 10.4 Å². The summed E-state index contributed by atoms with van der Waals surface area (Å²) in [5, 5.41) is 27.6. The van der Waals surface area contributed by atoms with Crippen molar-refractivity contribution in [1.29, 1.82) is 5.26 Å². The van der Waals surface area contributed by atoms with Gasteiger partial charge in [0, 0.05) is 63.2 Å². The molecule has 0 amide bonds. The van der Waals surface area contributed by atoms with Gasteiger partial charge in [0.05, 0.1) is 11.1 Å². The highest BCUT2D eigenvalue weighted by Gasteiger charge is 2.69. The Morgan fingerprint density at radius 3 is 2.57 bits per heavy atom. The Hall–Kier alpha value is -3.34. The number of rotatable bonds is 5. The Balaban J connectivity index is 1.23. The van der Waals surface area contributed by atoms with Crippen molar-refractivity contribution in [2.24, 2.45) is 7.05 Å². The summed E-state index contributed by atoms with van der Waals surface area (Å²) in [6, 6.07) is 4.90. The van der Waals surface area contributed by atoms with E-state index >= 15 is 0 Å². The van der Waals surface area contributed by atoms with Crippen LogP contribution in [0.5, 0.6) is 0 Å². The van der Waals surface area contributed by atoms with Gasteiger partial charge in [0.15, 0.2) is 5.03 Å². The maximum atomic E-state index is 13.0. The van der Waals surface area contributed by atoms with Crippen molar-refractivity contribution in [3.05, 3.63) is 40.4 Å². The number of sulfonamides is 1. The van der Waals surface area contributed by atoms with E-state index in [9.17, 15) is 23.6 Å². The van der Waals surface area contributed by atoms with Crippen LogP contribution in [0.2, 0.25) is 0 Å². The van der Waals surface area contributed by atoms with E-state index in [1.54, 1.807) is 24.0 Å². The van der Waals surface area contributed by atoms with Gasteiger partial charge in [0.1, 0.15) is 17.3 Å². The Kier molecular flexibility index (Phi) is 4.64. The lowest BCUT2D eigenvalue weighted by Gasteiger charge is -2.67. The first-order valence-electron chi connectivity index (χ1n) is 11.4. The van der Waals surface area contributed by atoms with Crippen LogP contribution in [0.1, 0.15) is 37.7 Å². The van der Waals surface area contributed by atoms with Crippen LogP contribution in [-0.2, 0) is 22.6 Å². The number of aliphatic hydroxyl groups is 1. The standard InChI is InChI=1S/C22H24N8O4S/c1-28-5-4-17(27-28)35(33,34)29-6-2-16(3-7-29)25-20-24-10-15-8-14(9-23)19(31)30(18(15)26-20)21-11-22(32,12-21)13-21/h4-5,8,10,16,32H,2-3,6-7,11-13H2,1H3,(H,24,25,26). The number of hydrogen-bond acceptors (Lipinski definition) is 9. The number of fused-ring (bicyclic) bond motifs is 1. The number of nitriles is 1. The molecule has 4 fully saturated rings. The van der Waals surface area contributed by atoms with Crippen molar-refractivity contribution >= 4 is 27.0 Å². The van der Waals surface area contributed by atoms with Crippen molar-refractivity contribution in [2.75, 3.05) is 18.4 Å². The molecule has 0 atom stereocenters. The maximum Gasteiger partial charge on any atom is 0.270 e. The largest absolute Gasteiger partial charge is 0.390 e. The molecular weight excluding hydrogens is 472 g/mol. The van der Waals surface area contributed by atoms with Crippen molar-refractivity contribution < 1.29 is 13.5 Å². The molecule has 0 unspecified atom stereocenters. The summed E-state index contributed by atoms with van der Waals surface area (Å²) in [5.74, 6) is 0.340. The molecule has 4 heterocycles. The van der Waals surface area contributed by atoms with Gasteiger partial charge in [0.2, 0.25) is 5.95 Å². The van der Waals surface area contributed by atoms with Crippen molar-refractivity contribution in [3.63, 3.8) is 0 Å². The predicted octanol–water partition coefficient (Wildman–Crippen LogP) is 0.286. The number of aryl methyl sites for hydroxylation is 1. The third-order valence-electron chi connectivity index (χ3n) is 7.39. The molecule has 1 saturated heterocycles.